The standard InChI is InChI=1S/C12H19N3/c1-15(12-3-2-6-14-9-12)10-11-4-7-13-8-5-11/h2-3,6,9,11,13H,4-5,7-8,10H2,1H3. The summed E-state index contributed by atoms with van der Waals surface area (Å²) in [5, 5.41) is 3.40. The number of hydrogen-bond donors (Lipinski definition) is 1. The van der Waals surface area contributed by atoms with E-state index in [1.807, 2.05) is 18.5 Å². The summed E-state index contributed by atoms with van der Waals surface area (Å²) in [5.41, 5.74) is 1.22. The fourth-order valence-corrected chi connectivity index (χ4v) is 2.14. The van der Waals surface area contributed by atoms with Gasteiger partial charge < -0.3 is 10.2 Å². The first-order valence-corrected chi connectivity index (χ1v) is 5.68. The van der Waals surface area contributed by atoms with Crippen molar-refractivity contribution < 1.29 is 0 Å². The summed E-state index contributed by atoms with van der Waals surface area (Å²) in [7, 11) is 2.15. The van der Waals surface area contributed by atoms with E-state index in [-0.39, 0.29) is 0 Å². The van der Waals surface area contributed by atoms with Gasteiger partial charge in [-0.25, -0.2) is 0 Å². The largest absolute Gasteiger partial charge is 0.373 e. The van der Waals surface area contributed by atoms with Crippen LogP contribution in [0.15, 0.2) is 24.5 Å². The van der Waals surface area contributed by atoms with Crippen LogP contribution in [0.25, 0.3) is 0 Å². The molecule has 0 atom stereocenters. The van der Waals surface area contributed by atoms with Crippen molar-refractivity contribution in [2.24, 2.45) is 5.92 Å². The second-order valence-corrected chi connectivity index (χ2v) is 4.29. The lowest BCUT2D eigenvalue weighted by Crippen LogP contribution is -2.34. The van der Waals surface area contributed by atoms with Crippen molar-refractivity contribution in [3.8, 4) is 0 Å². The molecule has 0 spiro atoms. The van der Waals surface area contributed by atoms with Crippen LogP contribution < -0.4 is 10.2 Å². The van der Waals surface area contributed by atoms with Gasteiger partial charge in [-0.2, -0.15) is 0 Å². The topological polar surface area (TPSA) is 28.2 Å². The molecule has 3 heteroatoms. The quantitative estimate of drug-likeness (QED) is 0.811. The Morgan fingerprint density at radius 3 is 2.93 bits per heavy atom. The molecule has 1 N–H and O–H groups in total. The fraction of sp³-hybridized carbons (Fsp3) is 0.583. The Morgan fingerprint density at radius 2 is 2.27 bits per heavy atom. The fourth-order valence-electron chi connectivity index (χ4n) is 2.14. The van der Waals surface area contributed by atoms with Crippen molar-refractivity contribution in [2.45, 2.75) is 12.8 Å². The predicted molar refractivity (Wildman–Crippen MR) is 63.1 cm³/mol. The van der Waals surface area contributed by atoms with E-state index in [4.69, 9.17) is 0 Å². The van der Waals surface area contributed by atoms with Crippen LogP contribution in [0.5, 0.6) is 0 Å². The van der Waals surface area contributed by atoms with Crippen LogP contribution in [-0.2, 0) is 0 Å². The maximum absolute atomic E-state index is 4.14. The summed E-state index contributed by atoms with van der Waals surface area (Å²) in [5.74, 6) is 0.830. The minimum Gasteiger partial charge on any atom is -0.373 e. The monoisotopic (exact) mass is 205 g/mol. The van der Waals surface area contributed by atoms with Gasteiger partial charge in [0.05, 0.1) is 11.9 Å². The van der Waals surface area contributed by atoms with Crippen LogP contribution in [0, 0.1) is 5.92 Å². The third-order valence-electron chi connectivity index (χ3n) is 3.08. The molecule has 0 unspecified atom stereocenters. The van der Waals surface area contributed by atoms with Crippen molar-refractivity contribution in [3.05, 3.63) is 24.5 Å². The summed E-state index contributed by atoms with van der Waals surface area (Å²) in [6.45, 7) is 3.49. The lowest BCUT2D eigenvalue weighted by molar-refractivity contribution is 0.378. The van der Waals surface area contributed by atoms with Crippen molar-refractivity contribution in [1.82, 2.24) is 10.3 Å². The lowest BCUT2D eigenvalue weighted by atomic mass is 9.97. The first kappa shape index (κ1) is 10.4. The molecule has 2 heterocycles. The smallest absolute Gasteiger partial charge is 0.0550 e. The highest BCUT2D eigenvalue weighted by Gasteiger charge is 2.15. The Labute approximate surface area is 91.5 Å². The Morgan fingerprint density at radius 1 is 1.47 bits per heavy atom. The first-order valence-electron chi connectivity index (χ1n) is 5.68. The normalized spacial score (nSPS) is 17.7. The molecule has 1 aromatic heterocycles. The number of piperidine rings is 1. The third kappa shape index (κ3) is 2.93. The minimum atomic E-state index is 0.830. The van der Waals surface area contributed by atoms with E-state index in [1.54, 1.807) is 0 Å². The third-order valence-corrected chi connectivity index (χ3v) is 3.08. The molecular weight excluding hydrogens is 186 g/mol. The predicted octanol–water partition coefficient (Wildman–Crippen LogP) is 1.52. The molecule has 1 aromatic rings. The Bertz CT molecular complexity index is 280. The van der Waals surface area contributed by atoms with Gasteiger partial charge in [0.15, 0.2) is 0 Å². The SMILES string of the molecule is CN(CC1CCNCC1)c1cccnc1. The van der Waals surface area contributed by atoms with Crippen molar-refractivity contribution >= 4 is 5.69 Å². The maximum Gasteiger partial charge on any atom is 0.0550 e. The Balaban J connectivity index is 1.88. The number of nitrogens with zero attached hydrogens (tertiary/aromatic N) is 2. The molecule has 0 aliphatic carbocycles. The Kier molecular flexibility index (Phi) is 3.56. The molecule has 0 aromatic carbocycles. The van der Waals surface area contributed by atoms with Crippen molar-refractivity contribution in [3.63, 3.8) is 0 Å². The van der Waals surface area contributed by atoms with E-state index >= 15 is 0 Å². The van der Waals surface area contributed by atoms with E-state index in [2.05, 4.69) is 28.3 Å². The lowest BCUT2D eigenvalue weighted by Gasteiger charge is -2.28. The van der Waals surface area contributed by atoms with Crippen LogP contribution in [0.3, 0.4) is 0 Å². The molecule has 0 amide bonds. The van der Waals surface area contributed by atoms with E-state index in [0.717, 1.165) is 12.5 Å². The number of pyridine rings is 1. The molecule has 0 bridgehead atoms. The zero-order valence-corrected chi connectivity index (χ0v) is 9.32. The second kappa shape index (κ2) is 5.12. The number of hydrogen-bond acceptors (Lipinski definition) is 3. The molecule has 0 saturated carbocycles. The van der Waals surface area contributed by atoms with Crippen LogP contribution in [0.2, 0.25) is 0 Å². The Hall–Kier alpha value is -1.09. The van der Waals surface area contributed by atoms with E-state index in [0.29, 0.717) is 0 Å². The van der Waals surface area contributed by atoms with Gasteiger partial charge >= 0.3 is 0 Å². The average molecular weight is 205 g/mol. The number of anilines is 1. The van der Waals surface area contributed by atoms with Gasteiger partial charge in [0.25, 0.3) is 0 Å². The molecular formula is C12H19N3. The van der Waals surface area contributed by atoms with Crippen LogP contribution in [-0.4, -0.2) is 31.7 Å². The maximum atomic E-state index is 4.14. The van der Waals surface area contributed by atoms with Crippen LogP contribution in [0.4, 0.5) is 5.69 Å². The first-order chi connectivity index (χ1) is 7.36. The molecule has 1 saturated heterocycles. The molecule has 1 aliphatic heterocycles. The van der Waals surface area contributed by atoms with Crippen LogP contribution >= 0.6 is 0 Å². The van der Waals surface area contributed by atoms with Crippen molar-refractivity contribution in [2.75, 3.05) is 31.6 Å². The molecule has 2 rings (SSSR count). The van der Waals surface area contributed by atoms with Gasteiger partial charge in [-0.1, -0.05) is 0 Å². The summed E-state index contributed by atoms with van der Waals surface area (Å²) >= 11 is 0. The summed E-state index contributed by atoms with van der Waals surface area (Å²) in [6, 6.07) is 4.11. The van der Waals surface area contributed by atoms with Gasteiger partial charge in [0, 0.05) is 19.8 Å². The van der Waals surface area contributed by atoms with E-state index in [9.17, 15) is 0 Å². The van der Waals surface area contributed by atoms with E-state index in [1.165, 1.54) is 31.6 Å². The highest BCUT2D eigenvalue weighted by Crippen LogP contribution is 2.17. The van der Waals surface area contributed by atoms with Gasteiger partial charge in [0.1, 0.15) is 0 Å². The zero-order chi connectivity index (χ0) is 10.5. The number of aromatic nitrogens is 1. The summed E-state index contributed by atoms with van der Waals surface area (Å²) < 4.78 is 0. The van der Waals surface area contributed by atoms with Gasteiger partial charge in [-0.3, -0.25) is 4.98 Å². The summed E-state index contributed by atoms with van der Waals surface area (Å²) in [4.78, 5) is 6.45. The highest BCUT2D eigenvalue weighted by molar-refractivity contribution is 5.42. The number of nitrogens with one attached hydrogen (secondary N) is 1. The highest BCUT2D eigenvalue weighted by atomic mass is 15.1. The molecule has 0 radical (unpaired) electrons. The molecule has 3 nitrogen and oxygen atoms in total. The molecule has 82 valence electrons. The van der Waals surface area contributed by atoms with Crippen molar-refractivity contribution in [1.29, 1.82) is 0 Å². The minimum absolute atomic E-state index is 0.830. The van der Waals surface area contributed by atoms with Gasteiger partial charge in [0.2, 0.25) is 0 Å². The number of rotatable bonds is 3. The second-order valence-electron chi connectivity index (χ2n) is 4.29. The summed E-state index contributed by atoms with van der Waals surface area (Å²) in [6.07, 6.45) is 6.35. The van der Waals surface area contributed by atoms with Gasteiger partial charge in [-0.05, 0) is 44.0 Å². The van der Waals surface area contributed by atoms with Crippen LogP contribution in [0.1, 0.15) is 12.8 Å². The average Bonchev–Trinajstić information content (AvgIpc) is 2.31. The molecule has 1 aliphatic rings. The zero-order valence-electron chi connectivity index (χ0n) is 9.32. The van der Waals surface area contributed by atoms with Gasteiger partial charge in [-0.15, -0.1) is 0 Å². The molecule has 15 heavy (non-hydrogen) atoms. The van der Waals surface area contributed by atoms with E-state index < -0.39 is 0 Å². The molecule has 1 fully saturated rings.